The zero-order chi connectivity index (χ0) is 22.7. The Bertz CT molecular complexity index is 897. The number of likely N-dealkylation sites (tertiary alicyclic amines) is 1. The van der Waals surface area contributed by atoms with Crippen LogP contribution in [0, 0.1) is 29.1 Å². The van der Waals surface area contributed by atoms with Crippen LogP contribution in [0.1, 0.15) is 87.6 Å². The molecule has 5 rings (SSSR count). The number of hydrogen-bond donors (Lipinski definition) is 2. The summed E-state index contributed by atoms with van der Waals surface area (Å²) in [5.41, 5.74) is 1.13. The van der Waals surface area contributed by atoms with E-state index in [9.17, 15) is 19.8 Å². The predicted molar refractivity (Wildman–Crippen MR) is 122 cm³/mol. The van der Waals surface area contributed by atoms with Gasteiger partial charge in [-0.05, 0) is 105 Å². The highest BCUT2D eigenvalue weighted by molar-refractivity contribution is 6.05. The van der Waals surface area contributed by atoms with Crippen molar-refractivity contribution in [2.45, 2.75) is 89.9 Å². The van der Waals surface area contributed by atoms with Crippen molar-refractivity contribution in [2.75, 3.05) is 0 Å². The molecular formula is C27H37NO4. The van der Waals surface area contributed by atoms with Crippen LogP contribution in [0.5, 0.6) is 0 Å². The monoisotopic (exact) mass is 439 g/mol. The van der Waals surface area contributed by atoms with Gasteiger partial charge in [0.1, 0.15) is 0 Å². The number of aliphatic hydroxyl groups is 2. The SMILES string of the molecule is C[C@]12CC[C@H](O)CC1CC[C@@H]1[C@@H]2CC[C@@]2(C)[C@H]1CCC(=O)N2C(=O)c1ccc(CO)cc1. The molecule has 1 saturated heterocycles. The van der Waals surface area contributed by atoms with E-state index in [1.165, 1.54) is 0 Å². The van der Waals surface area contributed by atoms with Crippen LogP contribution in [0.2, 0.25) is 0 Å². The molecule has 2 N–H and O–H groups in total. The zero-order valence-corrected chi connectivity index (χ0v) is 19.4. The van der Waals surface area contributed by atoms with Crippen molar-refractivity contribution in [3.8, 4) is 0 Å². The quantitative estimate of drug-likeness (QED) is 0.674. The zero-order valence-electron chi connectivity index (χ0n) is 19.4. The molecule has 174 valence electrons. The van der Waals surface area contributed by atoms with Crippen molar-refractivity contribution in [2.24, 2.45) is 29.1 Å². The van der Waals surface area contributed by atoms with Crippen molar-refractivity contribution >= 4 is 11.8 Å². The molecule has 0 aromatic heterocycles. The summed E-state index contributed by atoms with van der Waals surface area (Å²) in [5.74, 6) is 1.89. The lowest BCUT2D eigenvalue weighted by molar-refractivity contribution is -0.162. The second-order valence-corrected chi connectivity index (χ2v) is 11.4. The van der Waals surface area contributed by atoms with Gasteiger partial charge in [-0.15, -0.1) is 0 Å². The van der Waals surface area contributed by atoms with Gasteiger partial charge in [-0.2, -0.15) is 0 Å². The van der Waals surface area contributed by atoms with Crippen molar-refractivity contribution in [3.63, 3.8) is 0 Å². The molecule has 32 heavy (non-hydrogen) atoms. The Balaban J connectivity index is 1.44. The Morgan fingerprint density at radius 1 is 1.03 bits per heavy atom. The molecule has 3 aliphatic carbocycles. The largest absolute Gasteiger partial charge is 0.393 e. The highest BCUT2D eigenvalue weighted by Gasteiger charge is 2.60. The fourth-order valence-corrected chi connectivity index (χ4v) is 8.24. The second kappa shape index (κ2) is 7.95. The van der Waals surface area contributed by atoms with Crippen molar-refractivity contribution in [1.29, 1.82) is 0 Å². The van der Waals surface area contributed by atoms with Crippen LogP contribution < -0.4 is 0 Å². The summed E-state index contributed by atoms with van der Waals surface area (Å²) >= 11 is 0. The van der Waals surface area contributed by atoms with E-state index in [1.807, 2.05) is 0 Å². The van der Waals surface area contributed by atoms with Gasteiger partial charge in [-0.1, -0.05) is 19.1 Å². The van der Waals surface area contributed by atoms with E-state index in [0.29, 0.717) is 35.7 Å². The number of amides is 2. The van der Waals surface area contributed by atoms with E-state index < -0.39 is 5.54 Å². The minimum Gasteiger partial charge on any atom is -0.393 e. The molecule has 1 aromatic carbocycles. The number of carbonyl (C=O) groups is 2. The second-order valence-electron chi connectivity index (χ2n) is 11.4. The minimum absolute atomic E-state index is 0.0425. The number of benzene rings is 1. The van der Waals surface area contributed by atoms with Gasteiger partial charge >= 0.3 is 0 Å². The van der Waals surface area contributed by atoms with Crippen molar-refractivity contribution in [3.05, 3.63) is 35.4 Å². The molecule has 2 amide bonds. The van der Waals surface area contributed by atoms with E-state index in [4.69, 9.17) is 0 Å². The molecule has 7 atom stereocenters. The lowest BCUT2D eigenvalue weighted by Crippen LogP contribution is -2.66. The molecule has 1 unspecified atom stereocenters. The van der Waals surface area contributed by atoms with E-state index in [0.717, 1.165) is 56.9 Å². The lowest BCUT2D eigenvalue weighted by atomic mass is 9.45. The van der Waals surface area contributed by atoms with Gasteiger partial charge in [0.15, 0.2) is 0 Å². The Morgan fingerprint density at radius 2 is 1.78 bits per heavy atom. The average Bonchev–Trinajstić information content (AvgIpc) is 2.78. The smallest absolute Gasteiger partial charge is 0.260 e. The summed E-state index contributed by atoms with van der Waals surface area (Å²) in [4.78, 5) is 28.3. The fraction of sp³-hybridized carbons (Fsp3) is 0.704. The lowest BCUT2D eigenvalue weighted by Gasteiger charge is -2.63. The summed E-state index contributed by atoms with van der Waals surface area (Å²) in [7, 11) is 0. The topological polar surface area (TPSA) is 77.8 Å². The van der Waals surface area contributed by atoms with E-state index in [2.05, 4.69) is 13.8 Å². The minimum atomic E-state index is -0.430. The summed E-state index contributed by atoms with van der Waals surface area (Å²) in [6.45, 7) is 4.56. The maximum absolute atomic E-state index is 13.6. The van der Waals surface area contributed by atoms with E-state index in [1.54, 1.807) is 29.2 Å². The molecule has 3 saturated carbocycles. The van der Waals surface area contributed by atoms with Crippen LogP contribution >= 0.6 is 0 Å². The first-order chi connectivity index (χ1) is 15.3. The first-order valence-corrected chi connectivity index (χ1v) is 12.5. The van der Waals surface area contributed by atoms with Crippen LogP contribution in [0.3, 0.4) is 0 Å². The highest BCUT2D eigenvalue weighted by Crippen LogP contribution is 2.63. The Labute approximate surface area is 191 Å². The summed E-state index contributed by atoms with van der Waals surface area (Å²) < 4.78 is 0. The third-order valence-electron chi connectivity index (χ3n) is 10.0. The molecule has 0 spiro atoms. The molecular weight excluding hydrogens is 402 g/mol. The number of piperidine rings is 1. The Kier molecular flexibility index (Phi) is 5.49. The molecule has 5 nitrogen and oxygen atoms in total. The number of carbonyl (C=O) groups excluding carboxylic acids is 2. The van der Waals surface area contributed by atoms with Gasteiger partial charge in [0.2, 0.25) is 5.91 Å². The fourth-order valence-electron chi connectivity index (χ4n) is 8.24. The maximum atomic E-state index is 13.6. The van der Waals surface area contributed by atoms with E-state index in [-0.39, 0.29) is 29.9 Å². The predicted octanol–water partition coefficient (Wildman–Crippen LogP) is 4.30. The van der Waals surface area contributed by atoms with Gasteiger partial charge in [-0.3, -0.25) is 14.5 Å². The molecule has 1 aromatic rings. The number of aliphatic hydroxyl groups excluding tert-OH is 2. The molecule has 5 heteroatoms. The summed E-state index contributed by atoms with van der Waals surface area (Å²) in [6, 6.07) is 6.99. The number of hydrogen-bond acceptors (Lipinski definition) is 4. The van der Waals surface area contributed by atoms with Gasteiger partial charge in [0, 0.05) is 12.0 Å². The van der Waals surface area contributed by atoms with Gasteiger partial charge in [0.25, 0.3) is 5.91 Å². The van der Waals surface area contributed by atoms with Crippen LogP contribution in [-0.4, -0.2) is 38.6 Å². The maximum Gasteiger partial charge on any atom is 0.260 e. The normalized spacial score (nSPS) is 41.4. The Morgan fingerprint density at radius 3 is 2.50 bits per heavy atom. The number of nitrogens with zero attached hydrogens (tertiary/aromatic N) is 1. The van der Waals surface area contributed by atoms with Crippen LogP contribution in [0.25, 0.3) is 0 Å². The first kappa shape index (κ1) is 22.1. The molecule has 1 heterocycles. The molecule has 0 bridgehead atoms. The molecule has 4 aliphatic rings. The number of rotatable bonds is 2. The number of imide groups is 1. The molecule has 0 radical (unpaired) electrons. The van der Waals surface area contributed by atoms with Crippen molar-refractivity contribution in [1.82, 2.24) is 4.90 Å². The van der Waals surface area contributed by atoms with E-state index >= 15 is 0 Å². The Hall–Kier alpha value is -1.72. The number of fused-ring (bicyclic) bond motifs is 5. The van der Waals surface area contributed by atoms with Gasteiger partial charge in [0.05, 0.1) is 18.2 Å². The standard InChI is InChI=1S/C27H37NO4/c1-26-13-11-20(30)15-19(26)7-8-21-22(26)12-14-27(2)23(21)9-10-24(31)28(27)25(32)18-5-3-17(16-29)4-6-18/h3-6,19-23,29-30H,7-16H2,1-2H3/t19?,20-,21+,22-,23-,26-,27-/m0/s1. The first-order valence-electron chi connectivity index (χ1n) is 12.5. The van der Waals surface area contributed by atoms with Gasteiger partial charge < -0.3 is 10.2 Å². The van der Waals surface area contributed by atoms with Crippen LogP contribution in [-0.2, 0) is 11.4 Å². The van der Waals surface area contributed by atoms with Gasteiger partial charge in [-0.25, -0.2) is 0 Å². The molecule has 4 fully saturated rings. The molecule has 1 aliphatic heterocycles. The highest BCUT2D eigenvalue weighted by atomic mass is 16.3. The average molecular weight is 440 g/mol. The van der Waals surface area contributed by atoms with Crippen LogP contribution in [0.15, 0.2) is 24.3 Å². The summed E-state index contributed by atoms with van der Waals surface area (Å²) in [6.07, 6.45) is 8.37. The third kappa shape index (κ3) is 3.27. The van der Waals surface area contributed by atoms with Crippen molar-refractivity contribution < 1.29 is 19.8 Å². The summed E-state index contributed by atoms with van der Waals surface area (Å²) in [5, 5.41) is 19.6. The third-order valence-corrected chi connectivity index (χ3v) is 10.0. The van der Waals surface area contributed by atoms with Crippen LogP contribution in [0.4, 0.5) is 0 Å².